The normalized spacial score (nSPS) is 22.0. The van der Waals surface area contributed by atoms with Crippen molar-refractivity contribution in [3.8, 4) is 16.9 Å². The lowest BCUT2D eigenvalue weighted by molar-refractivity contribution is -0.123. The third-order valence-corrected chi connectivity index (χ3v) is 9.72. The van der Waals surface area contributed by atoms with E-state index in [2.05, 4.69) is 17.5 Å². The largest absolute Gasteiger partial charge is 0.490 e. The molecule has 6 heteroatoms. The van der Waals surface area contributed by atoms with Crippen LogP contribution in [0.1, 0.15) is 89.7 Å². The predicted molar refractivity (Wildman–Crippen MR) is 147 cm³/mol. The molecule has 0 heterocycles. The number of amides is 1. The van der Waals surface area contributed by atoms with Gasteiger partial charge in [-0.2, -0.15) is 0 Å². The summed E-state index contributed by atoms with van der Waals surface area (Å²) in [5, 5.41) is 0. The second-order valence-electron chi connectivity index (χ2n) is 11.0. The van der Waals surface area contributed by atoms with Crippen molar-refractivity contribution in [1.29, 1.82) is 0 Å². The lowest BCUT2D eigenvalue weighted by Gasteiger charge is -2.30. The second kappa shape index (κ2) is 10.6. The van der Waals surface area contributed by atoms with Crippen LogP contribution < -0.4 is 9.46 Å². The van der Waals surface area contributed by atoms with Crippen LogP contribution in [-0.4, -0.2) is 27.8 Å². The standard InChI is InChI=1S/C30H40FNO3S/c1-6-20-14-16-23(18-20)35-27-17-15-22(30(3,4)29(33)32-36(5,34)7-2)19-25(27)24-12-9-13-26(31)28(24)21-10-8-11-21/h9,12-13,15,17,19-21,23H,5-8,10-11,14,16,18H2,1-4H3,(H,32,33,34)/t20-,23?,36?/m1/s1. The first-order valence-corrected chi connectivity index (χ1v) is 15.2. The number of ether oxygens (including phenoxy) is 1. The zero-order chi connectivity index (χ0) is 26.1. The molecule has 2 saturated carbocycles. The van der Waals surface area contributed by atoms with Crippen LogP contribution in [0, 0.1) is 11.7 Å². The van der Waals surface area contributed by atoms with Gasteiger partial charge in [0.15, 0.2) is 0 Å². The summed E-state index contributed by atoms with van der Waals surface area (Å²) >= 11 is 0. The summed E-state index contributed by atoms with van der Waals surface area (Å²) in [6, 6.07) is 11.1. The lowest BCUT2D eigenvalue weighted by Crippen LogP contribution is -2.43. The van der Waals surface area contributed by atoms with Crippen LogP contribution >= 0.6 is 0 Å². The maximum Gasteiger partial charge on any atom is 0.241 e. The Hall–Kier alpha value is -2.34. The van der Waals surface area contributed by atoms with Crippen molar-refractivity contribution in [3.05, 3.63) is 53.3 Å². The van der Waals surface area contributed by atoms with E-state index in [1.165, 1.54) is 6.07 Å². The first kappa shape index (κ1) is 26.7. The molecular weight excluding hydrogens is 473 g/mol. The highest BCUT2D eigenvalue weighted by molar-refractivity contribution is 7.98. The molecule has 196 valence electrons. The van der Waals surface area contributed by atoms with E-state index < -0.39 is 15.1 Å². The van der Waals surface area contributed by atoms with Gasteiger partial charge in [0, 0.05) is 21.0 Å². The maximum absolute atomic E-state index is 15.2. The number of rotatable bonds is 9. The molecule has 0 aliphatic heterocycles. The number of carbonyl (C=O) groups excluding carboxylic acids is 1. The molecule has 36 heavy (non-hydrogen) atoms. The highest BCUT2D eigenvalue weighted by atomic mass is 32.2. The number of halogens is 1. The van der Waals surface area contributed by atoms with Crippen LogP contribution in [0.2, 0.25) is 0 Å². The first-order valence-electron chi connectivity index (χ1n) is 13.3. The van der Waals surface area contributed by atoms with Gasteiger partial charge in [0.25, 0.3) is 0 Å². The lowest BCUT2D eigenvalue weighted by atomic mass is 9.76. The van der Waals surface area contributed by atoms with Gasteiger partial charge in [-0.3, -0.25) is 9.52 Å². The topological polar surface area (TPSA) is 55.4 Å². The van der Waals surface area contributed by atoms with Crippen LogP contribution in [-0.2, 0) is 19.9 Å². The predicted octanol–water partition coefficient (Wildman–Crippen LogP) is 6.76. The molecule has 0 radical (unpaired) electrons. The molecule has 4 nitrogen and oxygen atoms in total. The molecule has 2 fully saturated rings. The molecule has 0 saturated heterocycles. The van der Waals surface area contributed by atoms with Crippen molar-refractivity contribution in [2.75, 3.05) is 5.75 Å². The third-order valence-electron chi connectivity index (χ3n) is 8.23. The number of hydrogen-bond acceptors (Lipinski definition) is 3. The summed E-state index contributed by atoms with van der Waals surface area (Å²) in [6.45, 7) is 7.59. The fraction of sp³-hybridized carbons (Fsp3) is 0.533. The average molecular weight is 514 g/mol. The number of benzene rings is 2. The maximum atomic E-state index is 15.2. The Balaban J connectivity index is 1.78. The smallest absolute Gasteiger partial charge is 0.241 e. The van der Waals surface area contributed by atoms with Gasteiger partial charge in [0.1, 0.15) is 11.6 Å². The van der Waals surface area contributed by atoms with Gasteiger partial charge in [-0.15, -0.1) is 0 Å². The van der Waals surface area contributed by atoms with Gasteiger partial charge in [-0.05, 0) is 98.5 Å². The van der Waals surface area contributed by atoms with E-state index in [0.29, 0.717) is 5.92 Å². The molecule has 2 aliphatic carbocycles. The van der Waals surface area contributed by atoms with Crippen LogP contribution in [0.4, 0.5) is 4.39 Å². The van der Waals surface area contributed by atoms with E-state index in [-0.39, 0.29) is 29.5 Å². The summed E-state index contributed by atoms with van der Waals surface area (Å²) in [5.74, 6) is 5.02. The summed E-state index contributed by atoms with van der Waals surface area (Å²) in [6.07, 6.45) is 7.56. The number of carbonyl (C=O) groups is 1. The molecule has 2 aromatic carbocycles. The Morgan fingerprint density at radius 1 is 1.14 bits per heavy atom. The minimum absolute atomic E-state index is 0.136. The Morgan fingerprint density at radius 3 is 2.50 bits per heavy atom. The van der Waals surface area contributed by atoms with Crippen molar-refractivity contribution < 1.29 is 18.1 Å². The minimum Gasteiger partial charge on any atom is -0.490 e. The van der Waals surface area contributed by atoms with E-state index >= 15 is 4.39 Å². The quantitative estimate of drug-likeness (QED) is 0.377. The van der Waals surface area contributed by atoms with Crippen LogP contribution in [0.15, 0.2) is 36.4 Å². The van der Waals surface area contributed by atoms with Gasteiger partial charge in [0.05, 0.1) is 11.5 Å². The van der Waals surface area contributed by atoms with Gasteiger partial charge in [0.2, 0.25) is 5.91 Å². The van der Waals surface area contributed by atoms with Crippen molar-refractivity contribution >= 4 is 21.5 Å². The molecule has 4 rings (SSSR count). The Morgan fingerprint density at radius 2 is 1.89 bits per heavy atom. The van der Waals surface area contributed by atoms with Crippen molar-refractivity contribution in [2.24, 2.45) is 5.92 Å². The highest BCUT2D eigenvalue weighted by Gasteiger charge is 2.34. The Kier molecular flexibility index (Phi) is 7.84. The first-order chi connectivity index (χ1) is 17.1. The summed E-state index contributed by atoms with van der Waals surface area (Å²) in [7, 11) is -2.70. The third kappa shape index (κ3) is 5.49. The summed E-state index contributed by atoms with van der Waals surface area (Å²) in [4.78, 5) is 13.2. The molecule has 0 bridgehead atoms. The fourth-order valence-electron chi connectivity index (χ4n) is 5.30. The zero-order valence-corrected chi connectivity index (χ0v) is 22.9. The second-order valence-corrected chi connectivity index (χ2v) is 13.4. The SMILES string of the molecule is C=S(=O)(CC)NC(=O)C(C)(C)c1ccc(OC2CC[C@@H](CC)C2)c(-c2cccc(F)c2C2CCC2)c1. The van der Waals surface area contributed by atoms with Gasteiger partial charge in [-0.25, -0.2) is 8.60 Å². The van der Waals surface area contributed by atoms with Crippen LogP contribution in [0.25, 0.3) is 11.1 Å². The van der Waals surface area contributed by atoms with Gasteiger partial charge < -0.3 is 4.74 Å². The minimum atomic E-state index is -2.70. The van der Waals surface area contributed by atoms with Crippen molar-refractivity contribution in [2.45, 2.75) is 90.1 Å². The average Bonchev–Trinajstić information content (AvgIpc) is 3.27. The molecule has 1 amide bonds. The Bertz CT molecular complexity index is 1220. The van der Waals surface area contributed by atoms with Crippen LogP contribution in [0.5, 0.6) is 5.75 Å². The molecule has 1 N–H and O–H groups in total. The van der Waals surface area contributed by atoms with E-state index in [1.807, 2.05) is 38.1 Å². The molecule has 2 unspecified atom stereocenters. The monoisotopic (exact) mass is 513 g/mol. The molecule has 0 aromatic heterocycles. The van der Waals surface area contributed by atoms with Crippen molar-refractivity contribution in [3.63, 3.8) is 0 Å². The molecular formula is C30H40FNO3S. The van der Waals surface area contributed by atoms with E-state index in [0.717, 1.165) is 72.9 Å². The molecule has 2 aromatic rings. The van der Waals surface area contributed by atoms with E-state index in [9.17, 15) is 9.00 Å². The molecule has 0 spiro atoms. The fourth-order valence-corrected chi connectivity index (χ4v) is 6.04. The Labute approximate surface area is 216 Å². The van der Waals surface area contributed by atoms with E-state index in [1.54, 1.807) is 13.0 Å². The number of nitrogens with one attached hydrogen (secondary N) is 1. The van der Waals surface area contributed by atoms with Gasteiger partial charge in [-0.1, -0.05) is 44.9 Å². The highest BCUT2D eigenvalue weighted by Crippen LogP contribution is 2.46. The van der Waals surface area contributed by atoms with E-state index in [4.69, 9.17) is 4.74 Å². The molecule has 3 atom stereocenters. The number of hydrogen-bond donors (Lipinski definition) is 1. The van der Waals surface area contributed by atoms with Crippen molar-refractivity contribution in [1.82, 2.24) is 4.72 Å². The van der Waals surface area contributed by atoms with Gasteiger partial charge >= 0.3 is 0 Å². The summed E-state index contributed by atoms with van der Waals surface area (Å²) in [5.41, 5.74) is 2.20. The zero-order valence-electron chi connectivity index (χ0n) is 22.1. The molecule has 2 aliphatic rings. The summed E-state index contributed by atoms with van der Waals surface area (Å²) < 4.78 is 36.9. The van der Waals surface area contributed by atoms with Crippen LogP contribution in [0.3, 0.4) is 0 Å².